The quantitative estimate of drug-likeness (QED) is 0.540. The number of anilines is 1. The van der Waals surface area contributed by atoms with Crippen molar-refractivity contribution in [3.63, 3.8) is 0 Å². The number of tetrazole rings is 1. The van der Waals surface area contributed by atoms with Crippen molar-refractivity contribution >= 4 is 11.6 Å². The molecule has 0 N–H and O–H groups in total. The number of hydrogen-bond acceptors (Lipinski definition) is 7. The van der Waals surface area contributed by atoms with Crippen molar-refractivity contribution in [1.82, 2.24) is 24.7 Å². The third-order valence-electron chi connectivity index (χ3n) is 5.48. The molecule has 1 aliphatic heterocycles. The summed E-state index contributed by atoms with van der Waals surface area (Å²) in [4.78, 5) is 32.0. The molecule has 0 radical (unpaired) electrons. The molecule has 170 valence electrons. The lowest BCUT2D eigenvalue weighted by Gasteiger charge is -2.38. The number of benzene rings is 1. The lowest BCUT2D eigenvalue weighted by molar-refractivity contribution is -0.126. The molecule has 10 nitrogen and oxygen atoms in total. The number of hydroxylamine groups is 1. The molecule has 2 heterocycles. The Hall–Kier alpha value is -2.63. The molecular weight excluding hydrogens is 407 g/mol. The van der Waals surface area contributed by atoms with Crippen molar-refractivity contribution in [3.05, 3.63) is 40.6 Å². The first-order valence-electron chi connectivity index (χ1n) is 10.4. The van der Waals surface area contributed by atoms with Crippen LogP contribution in [-0.2, 0) is 27.5 Å². The minimum atomic E-state index is -0.522. The molecular formula is C20H29FN6O4. The monoisotopic (exact) mass is 436 g/mol. The van der Waals surface area contributed by atoms with E-state index in [1.807, 2.05) is 6.92 Å². The predicted octanol–water partition coefficient (Wildman–Crippen LogP) is 0.920. The normalized spacial score (nSPS) is 19.5. The topological polar surface area (TPSA) is 94.7 Å². The van der Waals surface area contributed by atoms with Crippen LogP contribution in [0, 0.1) is 11.7 Å². The van der Waals surface area contributed by atoms with Crippen molar-refractivity contribution < 1.29 is 18.8 Å². The van der Waals surface area contributed by atoms with Gasteiger partial charge in [-0.15, -0.1) is 0 Å². The Morgan fingerprint density at radius 1 is 1.26 bits per heavy atom. The average molecular weight is 436 g/mol. The number of nitrogens with zero attached hydrogens (tertiary/aromatic N) is 6. The van der Waals surface area contributed by atoms with Crippen molar-refractivity contribution in [1.29, 1.82) is 0 Å². The zero-order chi connectivity index (χ0) is 22.4. The SMILES string of the molecule is CCn1nnn(CCN2CC[C@H](CON(C(C)=O)c3ccccc3F)[C@H](OC)C2)c1=O. The van der Waals surface area contributed by atoms with E-state index in [0.717, 1.165) is 18.0 Å². The molecule has 2 aromatic rings. The van der Waals surface area contributed by atoms with Gasteiger partial charge in [0.15, 0.2) is 0 Å². The summed E-state index contributed by atoms with van der Waals surface area (Å²) in [5.41, 5.74) is -0.126. The Morgan fingerprint density at radius 3 is 2.65 bits per heavy atom. The first-order valence-corrected chi connectivity index (χ1v) is 10.4. The Balaban J connectivity index is 1.55. The number of carbonyl (C=O) groups is 1. The second kappa shape index (κ2) is 10.6. The number of amides is 1. The van der Waals surface area contributed by atoms with Gasteiger partial charge in [0.2, 0.25) is 5.91 Å². The largest absolute Gasteiger partial charge is 0.380 e. The van der Waals surface area contributed by atoms with Crippen LogP contribution in [0.25, 0.3) is 0 Å². The standard InChI is InChI=1S/C20H29FN6O4/c1-4-25-20(29)26(23-22-25)12-11-24-10-9-16(19(13-24)30-3)14-31-27(15(2)28)18-8-6-5-7-17(18)21/h5-8,16,19H,4,9-14H2,1-3H3/t16-,19-/m1/s1. The molecule has 1 aromatic carbocycles. The molecule has 1 saturated heterocycles. The minimum absolute atomic E-state index is 0.0403. The maximum absolute atomic E-state index is 14.1. The molecule has 0 unspecified atom stereocenters. The van der Waals surface area contributed by atoms with Crippen LogP contribution in [0.4, 0.5) is 10.1 Å². The third-order valence-corrected chi connectivity index (χ3v) is 5.48. The highest BCUT2D eigenvalue weighted by Crippen LogP contribution is 2.24. The molecule has 2 atom stereocenters. The number of ether oxygens (including phenoxy) is 1. The number of carbonyl (C=O) groups excluding carboxylic acids is 1. The molecule has 1 aromatic heterocycles. The van der Waals surface area contributed by atoms with Crippen LogP contribution in [0.3, 0.4) is 0 Å². The highest BCUT2D eigenvalue weighted by atomic mass is 19.1. The summed E-state index contributed by atoms with van der Waals surface area (Å²) in [5, 5.41) is 8.72. The average Bonchev–Trinajstić information content (AvgIpc) is 3.13. The lowest BCUT2D eigenvalue weighted by atomic mass is 9.94. The van der Waals surface area contributed by atoms with Gasteiger partial charge in [-0.1, -0.05) is 12.1 Å². The van der Waals surface area contributed by atoms with E-state index in [1.54, 1.807) is 19.2 Å². The fourth-order valence-corrected chi connectivity index (χ4v) is 3.69. The third kappa shape index (κ3) is 5.54. The van der Waals surface area contributed by atoms with Gasteiger partial charge in [-0.25, -0.2) is 9.18 Å². The van der Waals surface area contributed by atoms with Crippen LogP contribution >= 0.6 is 0 Å². The van der Waals surface area contributed by atoms with Crippen LogP contribution in [0.1, 0.15) is 20.3 Å². The second-order valence-electron chi connectivity index (χ2n) is 7.48. The van der Waals surface area contributed by atoms with E-state index in [-0.39, 0.29) is 30.0 Å². The first kappa shape index (κ1) is 23.0. The number of likely N-dealkylation sites (tertiary alicyclic amines) is 1. The molecule has 31 heavy (non-hydrogen) atoms. The van der Waals surface area contributed by atoms with E-state index >= 15 is 0 Å². The number of aryl methyl sites for hydroxylation is 1. The van der Waals surface area contributed by atoms with Gasteiger partial charge in [0.1, 0.15) is 11.5 Å². The Morgan fingerprint density at radius 2 is 2.00 bits per heavy atom. The molecule has 0 bridgehead atoms. The molecule has 11 heteroatoms. The molecule has 1 fully saturated rings. The van der Waals surface area contributed by atoms with Gasteiger partial charge in [0.05, 0.1) is 19.3 Å². The van der Waals surface area contributed by atoms with Gasteiger partial charge >= 0.3 is 5.69 Å². The Kier molecular flexibility index (Phi) is 7.88. The summed E-state index contributed by atoms with van der Waals surface area (Å²) >= 11 is 0. The number of piperidine rings is 1. The van der Waals surface area contributed by atoms with E-state index in [9.17, 15) is 14.0 Å². The minimum Gasteiger partial charge on any atom is -0.380 e. The van der Waals surface area contributed by atoms with Gasteiger partial charge in [-0.3, -0.25) is 14.5 Å². The molecule has 0 spiro atoms. The van der Waals surface area contributed by atoms with Gasteiger partial charge in [0.25, 0.3) is 0 Å². The Labute approximate surface area is 180 Å². The number of rotatable bonds is 9. The summed E-state index contributed by atoms with van der Waals surface area (Å²) in [6.07, 6.45) is 0.657. The first-order chi connectivity index (χ1) is 14.9. The van der Waals surface area contributed by atoms with Crippen LogP contribution in [-0.4, -0.2) is 70.1 Å². The molecule has 0 aliphatic carbocycles. The number of hydrogen-bond donors (Lipinski definition) is 0. The molecule has 3 rings (SSSR count). The van der Waals surface area contributed by atoms with Crippen LogP contribution in [0.2, 0.25) is 0 Å². The van der Waals surface area contributed by atoms with Crippen LogP contribution < -0.4 is 10.8 Å². The zero-order valence-electron chi connectivity index (χ0n) is 18.1. The van der Waals surface area contributed by atoms with Gasteiger partial charge in [0, 0.05) is 39.6 Å². The van der Waals surface area contributed by atoms with Crippen molar-refractivity contribution in [2.24, 2.45) is 5.92 Å². The maximum atomic E-state index is 14.1. The summed E-state index contributed by atoms with van der Waals surface area (Å²) in [5.74, 6) is -0.883. The fraction of sp³-hybridized carbons (Fsp3) is 0.600. The maximum Gasteiger partial charge on any atom is 0.363 e. The van der Waals surface area contributed by atoms with E-state index < -0.39 is 11.7 Å². The van der Waals surface area contributed by atoms with Gasteiger partial charge in [-0.2, -0.15) is 14.4 Å². The molecule has 1 amide bonds. The van der Waals surface area contributed by atoms with Crippen molar-refractivity contribution in [2.75, 3.05) is 38.4 Å². The Bertz CT molecular complexity index is 932. The van der Waals surface area contributed by atoms with E-state index in [1.165, 1.54) is 28.4 Å². The highest BCUT2D eigenvalue weighted by Gasteiger charge is 2.31. The van der Waals surface area contributed by atoms with Crippen molar-refractivity contribution in [2.45, 2.75) is 39.5 Å². The molecule has 0 saturated carbocycles. The van der Waals surface area contributed by atoms with Gasteiger partial charge < -0.3 is 4.74 Å². The lowest BCUT2D eigenvalue weighted by Crippen LogP contribution is -2.48. The summed E-state index contributed by atoms with van der Waals surface area (Å²) in [6.45, 7) is 6.41. The highest BCUT2D eigenvalue weighted by molar-refractivity contribution is 5.89. The summed E-state index contributed by atoms with van der Waals surface area (Å²) in [7, 11) is 1.64. The van der Waals surface area contributed by atoms with E-state index in [0.29, 0.717) is 26.2 Å². The van der Waals surface area contributed by atoms with E-state index in [4.69, 9.17) is 9.57 Å². The van der Waals surface area contributed by atoms with Crippen LogP contribution in [0.5, 0.6) is 0 Å². The number of aromatic nitrogens is 4. The van der Waals surface area contributed by atoms with Gasteiger partial charge in [-0.05, 0) is 42.4 Å². The number of para-hydroxylation sites is 1. The zero-order valence-corrected chi connectivity index (χ0v) is 18.1. The summed E-state index contributed by atoms with van der Waals surface area (Å²) in [6, 6.07) is 6.00. The molecule has 1 aliphatic rings. The fourth-order valence-electron chi connectivity index (χ4n) is 3.69. The smallest absolute Gasteiger partial charge is 0.363 e. The summed E-state index contributed by atoms with van der Waals surface area (Å²) < 4.78 is 22.4. The number of halogens is 1. The predicted molar refractivity (Wildman–Crippen MR) is 111 cm³/mol. The van der Waals surface area contributed by atoms with Crippen molar-refractivity contribution in [3.8, 4) is 0 Å². The van der Waals surface area contributed by atoms with Crippen LogP contribution in [0.15, 0.2) is 29.1 Å². The number of methoxy groups -OCH3 is 1. The van der Waals surface area contributed by atoms with E-state index in [2.05, 4.69) is 15.3 Å². The second-order valence-corrected chi connectivity index (χ2v) is 7.48.